The Balaban J connectivity index is 1.80. The minimum atomic E-state index is -1.00. The van der Waals surface area contributed by atoms with Crippen LogP contribution in [0.3, 0.4) is 0 Å². The number of aromatic nitrogens is 3. The Morgan fingerprint density at radius 2 is 1.86 bits per heavy atom. The number of fused-ring (bicyclic) bond motifs is 4. The van der Waals surface area contributed by atoms with Crippen molar-refractivity contribution in [3.8, 4) is 22.9 Å². The summed E-state index contributed by atoms with van der Waals surface area (Å²) in [4.78, 5) is 31.4. The fourth-order valence-electron chi connectivity index (χ4n) is 4.21. The maximum Gasteiger partial charge on any atom is 0.308 e. The lowest BCUT2D eigenvalue weighted by Gasteiger charge is -2.31. The molecule has 0 bridgehead atoms. The summed E-state index contributed by atoms with van der Waals surface area (Å²) in [6.07, 6.45) is 0.747. The summed E-state index contributed by atoms with van der Waals surface area (Å²) in [5.41, 5.74) is 2.18. The molecule has 4 aromatic rings. The molecule has 1 amide bonds. The predicted octanol–water partition coefficient (Wildman–Crippen LogP) is 5.34. The Kier molecular flexibility index (Phi) is 6.39. The van der Waals surface area contributed by atoms with Gasteiger partial charge in [-0.1, -0.05) is 66.4 Å². The van der Waals surface area contributed by atoms with E-state index in [1.54, 1.807) is 12.1 Å². The highest BCUT2D eigenvalue weighted by Crippen LogP contribution is 2.46. The van der Waals surface area contributed by atoms with Gasteiger partial charge in [0.25, 0.3) is 0 Å². The van der Waals surface area contributed by atoms with Crippen LogP contribution in [0, 0.1) is 0 Å². The van der Waals surface area contributed by atoms with E-state index >= 15 is 0 Å². The maximum absolute atomic E-state index is 13.2. The fraction of sp³-hybridized carbons (Fsp3) is 0.148. The van der Waals surface area contributed by atoms with Crippen LogP contribution in [0.2, 0.25) is 0 Å². The number of anilines is 1. The Bertz CT molecular complexity index is 1510. The summed E-state index contributed by atoms with van der Waals surface area (Å²) in [5.74, 6) is 0.361. The first-order valence-electron chi connectivity index (χ1n) is 11.2. The topological polar surface area (TPSA) is 94.5 Å². The van der Waals surface area contributed by atoms with Gasteiger partial charge in [0.1, 0.15) is 5.75 Å². The van der Waals surface area contributed by atoms with E-state index in [0.29, 0.717) is 39.2 Å². The number of carbonyl (C=O) groups excluding carboxylic acids is 2. The van der Waals surface area contributed by atoms with E-state index < -0.39 is 12.2 Å². The van der Waals surface area contributed by atoms with Gasteiger partial charge in [-0.2, -0.15) is 4.98 Å². The number of rotatable bonds is 5. The molecule has 36 heavy (non-hydrogen) atoms. The quantitative estimate of drug-likeness (QED) is 0.158. The summed E-state index contributed by atoms with van der Waals surface area (Å²) in [6.45, 7) is 6.53. The highest BCUT2D eigenvalue weighted by atomic mass is 32.2. The zero-order chi connectivity index (χ0) is 25.2. The fourth-order valence-corrected chi connectivity index (χ4v) is 4.72. The van der Waals surface area contributed by atoms with Crippen LogP contribution in [0.5, 0.6) is 11.6 Å². The third-order valence-electron chi connectivity index (χ3n) is 5.61. The first-order valence-corrected chi connectivity index (χ1v) is 12.2. The van der Waals surface area contributed by atoms with E-state index in [1.165, 1.54) is 30.5 Å². The van der Waals surface area contributed by atoms with E-state index in [9.17, 15) is 9.59 Å². The molecule has 2 heterocycles. The van der Waals surface area contributed by atoms with Gasteiger partial charge in [0.15, 0.2) is 5.69 Å². The molecule has 3 aromatic carbocycles. The molecule has 0 saturated heterocycles. The van der Waals surface area contributed by atoms with E-state index in [4.69, 9.17) is 9.47 Å². The summed E-state index contributed by atoms with van der Waals surface area (Å²) < 4.78 is 12.1. The smallest absolute Gasteiger partial charge is 0.308 e. The molecule has 8 nitrogen and oxygen atoms in total. The molecule has 0 fully saturated rings. The van der Waals surface area contributed by atoms with Crippen molar-refractivity contribution >= 4 is 40.1 Å². The molecule has 0 N–H and O–H groups in total. The predicted molar refractivity (Wildman–Crippen MR) is 138 cm³/mol. The van der Waals surface area contributed by atoms with E-state index in [-0.39, 0.29) is 11.8 Å². The van der Waals surface area contributed by atoms with Crippen molar-refractivity contribution in [1.82, 2.24) is 15.2 Å². The first kappa shape index (κ1) is 23.5. The van der Waals surface area contributed by atoms with Crippen LogP contribution in [0.15, 0.2) is 78.5 Å². The third kappa shape index (κ3) is 4.29. The van der Waals surface area contributed by atoms with Gasteiger partial charge in [0.05, 0.1) is 11.3 Å². The van der Waals surface area contributed by atoms with E-state index in [0.717, 1.165) is 10.8 Å². The van der Waals surface area contributed by atoms with Crippen molar-refractivity contribution in [2.24, 2.45) is 0 Å². The largest absolute Gasteiger partial charge is 0.447 e. The molecule has 0 unspecified atom stereocenters. The number of thioether (sulfide) groups is 1. The van der Waals surface area contributed by atoms with Crippen molar-refractivity contribution < 1.29 is 19.1 Å². The number of amides is 1. The zero-order valence-electron chi connectivity index (χ0n) is 19.7. The van der Waals surface area contributed by atoms with Crippen LogP contribution < -0.4 is 14.4 Å². The van der Waals surface area contributed by atoms with Crippen LogP contribution in [-0.2, 0) is 9.59 Å². The SMILES string of the molecule is C=CCSc1nnc2c(n1)O[C@@H](c1c(OC(C)=O)ccc3ccccc13)N(C(C)=O)c1ccccc1-2. The molecular weight excluding hydrogens is 476 g/mol. The van der Waals surface area contributed by atoms with E-state index in [2.05, 4.69) is 21.8 Å². The molecule has 1 aromatic heterocycles. The molecule has 1 aliphatic heterocycles. The van der Waals surface area contributed by atoms with Crippen molar-refractivity contribution in [3.63, 3.8) is 0 Å². The normalized spacial score (nSPS) is 14.3. The number of hydrogen-bond acceptors (Lipinski definition) is 8. The van der Waals surface area contributed by atoms with Gasteiger partial charge >= 0.3 is 5.97 Å². The van der Waals surface area contributed by atoms with Gasteiger partial charge < -0.3 is 9.47 Å². The molecule has 1 atom stereocenters. The Morgan fingerprint density at radius 1 is 1.08 bits per heavy atom. The molecule has 1 aliphatic rings. The Labute approximate surface area is 212 Å². The number of nitrogens with zero attached hydrogens (tertiary/aromatic N) is 4. The van der Waals surface area contributed by atoms with Gasteiger partial charge in [-0.25, -0.2) is 0 Å². The van der Waals surface area contributed by atoms with Crippen LogP contribution in [-0.4, -0.2) is 32.8 Å². The van der Waals surface area contributed by atoms with Gasteiger partial charge in [-0.05, 0) is 22.9 Å². The maximum atomic E-state index is 13.2. The number of esters is 1. The van der Waals surface area contributed by atoms with Gasteiger partial charge in [0.2, 0.25) is 23.2 Å². The zero-order valence-corrected chi connectivity index (χ0v) is 20.5. The summed E-state index contributed by atoms with van der Waals surface area (Å²) in [7, 11) is 0. The molecule has 180 valence electrons. The molecule has 0 aliphatic carbocycles. The van der Waals surface area contributed by atoms with Crippen LogP contribution >= 0.6 is 11.8 Å². The lowest BCUT2D eigenvalue weighted by molar-refractivity contribution is -0.131. The molecule has 0 spiro atoms. The minimum Gasteiger partial charge on any atom is -0.447 e. The highest BCUT2D eigenvalue weighted by Gasteiger charge is 2.37. The highest BCUT2D eigenvalue weighted by molar-refractivity contribution is 7.99. The number of hydrogen-bond donors (Lipinski definition) is 0. The molecule has 9 heteroatoms. The van der Waals surface area contributed by atoms with E-state index in [1.807, 2.05) is 54.6 Å². The summed E-state index contributed by atoms with van der Waals surface area (Å²) in [6, 6.07) is 18.6. The monoisotopic (exact) mass is 498 g/mol. The van der Waals surface area contributed by atoms with Gasteiger partial charge in [-0.15, -0.1) is 16.8 Å². The number of para-hydroxylation sites is 1. The molecule has 5 rings (SSSR count). The average Bonchev–Trinajstić information content (AvgIpc) is 3.01. The standard InChI is InChI=1S/C27H22N4O4S/c1-4-15-36-27-28-25-24(29-30-27)20-11-7-8-12-21(20)31(16(2)32)26(35-25)23-19-10-6-5-9-18(19)13-14-22(23)34-17(3)33/h4-14,26H,1,15H2,2-3H3/t26-/m0/s1. The Morgan fingerprint density at radius 3 is 2.64 bits per heavy atom. The second kappa shape index (κ2) is 9.79. The molecule has 0 radical (unpaired) electrons. The van der Waals surface area contributed by atoms with Crippen molar-refractivity contribution in [1.29, 1.82) is 0 Å². The van der Waals surface area contributed by atoms with Gasteiger partial charge in [-0.3, -0.25) is 14.5 Å². The van der Waals surface area contributed by atoms with Crippen LogP contribution in [0.4, 0.5) is 5.69 Å². The van der Waals surface area contributed by atoms with Crippen molar-refractivity contribution in [3.05, 3.63) is 78.9 Å². The second-order valence-electron chi connectivity index (χ2n) is 8.02. The second-order valence-corrected chi connectivity index (χ2v) is 9.00. The molecular formula is C27H22N4O4S. The number of benzene rings is 3. The lowest BCUT2D eigenvalue weighted by atomic mass is 10.0. The van der Waals surface area contributed by atoms with Crippen LogP contribution in [0.1, 0.15) is 25.6 Å². The number of carbonyl (C=O) groups is 2. The summed E-state index contributed by atoms with van der Waals surface area (Å²) >= 11 is 1.37. The van der Waals surface area contributed by atoms with Crippen LogP contribution in [0.25, 0.3) is 22.0 Å². The first-order chi connectivity index (χ1) is 17.5. The number of ether oxygens (including phenoxy) is 2. The minimum absolute atomic E-state index is 0.222. The summed E-state index contributed by atoms with van der Waals surface area (Å²) in [5, 5.41) is 10.7. The third-order valence-corrected chi connectivity index (χ3v) is 6.45. The van der Waals surface area contributed by atoms with Crippen molar-refractivity contribution in [2.75, 3.05) is 10.7 Å². The lowest BCUT2D eigenvalue weighted by Crippen LogP contribution is -2.36. The van der Waals surface area contributed by atoms with Gasteiger partial charge in [0, 0.05) is 25.2 Å². The van der Waals surface area contributed by atoms with Crippen molar-refractivity contribution in [2.45, 2.75) is 25.2 Å². The molecule has 0 saturated carbocycles. The average molecular weight is 499 g/mol. The Hall–Kier alpha value is -4.24.